The zero-order chi connectivity index (χ0) is 10.0. The van der Waals surface area contributed by atoms with Crippen molar-refractivity contribution < 1.29 is 15.0 Å². The summed E-state index contributed by atoms with van der Waals surface area (Å²) in [5.74, 6) is -1.67. The SMILES string of the molecule is CC(C(N)=O)c1cccc(O)c1O. The highest BCUT2D eigenvalue weighted by Gasteiger charge is 2.17. The highest BCUT2D eigenvalue weighted by molar-refractivity contribution is 5.82. The van der Waals surface area contributed by atoms with E-state index in [1.54, 1.807) is 19.1 Å². The maximum atomic E-state index is 10.8. The molecule has 1 amide bonds. The summed E-state index contributed by atoms with van der Waals surface area (Å²) in [6.45, 7) is 1.57. The Hall–Kier alpha value is -1.71. The van der Waals surface area contributed by atoms with Gasteiger partial charge in [-0.2, -0.15) is 0 Å². The summed E-state index contributed by atoms with van der Waals surface area (Å²) in [5, 5.41) is 18.5. The van der Waals surface area contributed by atoms with Crippen LogP contribution in [0.1, 0.15) is 18.4 Å². The molecule has 13 heavy (non-hydrogen) atoms. The summed E-state index contributed by atoms with van der Waals surface area (Å²) in [6, 6.07) is 4.43. The number of carbonyl (C=O) groups excluding carboxylic acids is 1. The van der Waals surface area contributed by atoms with E-state index in [1.807, 2.05) is 0 Å². The van der Waals surface area contributed by atoms with E-state index < -0.39 is 11.8 Å². The minimum absolute atomic E-state index is 0.245. The van der Waals surface area contributed by atoms with Gasteiger partial charge in [-0.15, -0.1) is 0 Å². The van der Waals surface area contributed by atoms with Gasteiger partial charge in [-0.05, 0) is 13.0 Å². The summed E-state index contributed by atoms with van der Waals surface area (Å²) >= 11 is 0. The lowest BCUT2D eigenvalue weighted by Crippen LogP contribution is -2.18. The molecule has 70 valence electrons. The average Bonchev–Trinajstić information content (AvgIpc) is 2.08. The second kappa shape index (κ2) is 3.35. The standard InChI is InChI=1S/C9H11NO3/c1-5(9(10)13)6-3-2-4-7(11)8(6)12/h2-5,11-12H,1H3,(H2,10,13). The first-order valence-corrected chi connectivity index (χ1v) is 3.84. The number of primary amides is 1. The molecule has 0 heterocycles. The summed E-state index contributed by atoms with van der Waals surface area (Å²) in [7, 11) is 0. The molecule has 4 nitrogen and oxygen atoms in total. The molecule has 0 saturated heterocycles. The molecule has 4 N–H and O–H groups in total. The van der Waals surface area contributed by atoms with Crippen LogP contribution in [0.4, 0.5) is 0 Å². The Morgan fingerprint density at radius 2 is 2.08 bits per heavy atom. The first kappa shape index (κ1) is 9.38. The molecule has 0 radical (unpaired) electrons. The number of carbonyl (C=O) groups is 1. The third kappa shape index (κ3) is 1.72. The molecule has 1 unspecified atom stereocenters. The summed E-state index contributed by atoms with van der Waals surface area (Å²) < 4.78 is 0. The zero-order valence-corrected chi connectivity index (χ0v) is 7.19. The first-order valence-electron chi connectivity index (χ1n) is 3.84. The highest BCUT2D eigenvalue weighted by Crippen LogP contribution is 2.32. The van der Waals surface area contributed by atoms with Crippen LogP contribution in [0.2, 0.25) is 0 Å². The van der Waals surface area contributed by atoms with Gasteiger partial charge in [0.1, 0.15) is 0 Å². The fraction of sp³-hybridized carbons (Fsp3) is 0.222. The Balaban J connectivity index is 3.15. The molecule has 0 aliphatic rings. The lowest BCUT2D eigenvalue weighted by atomic mass is 9.99. The Bertz CT molecular complexity index is 336. The van der Waals surface area contributed by atoms with Crippen molar-refractivity contribution >= 4 is 5.91 Å². The van der Waals surface area contributed by atoms with Gasteiger partial charge in [0.15, 0.2) is 11.5 Å². The van der Waals surface area contributed by atoms with Gasteiger partial charge < -0.3 is 15.9 Å². The number of nitrogens with two attached hydrogens (primary N) is 1. The van der Waals surface area contributed by atoms with Gasteiger partial charge in [0.05, 0.1) is 5.92 Å². The molecule has 1 aromatic carbocycles. The molecule has 0 bridgehead atoms. The summed E-state index contributed by atoms with van der Waals surface area (Å²) in [4.78, 5) is 10.8. The van der Waals surface area contributed by atoms with E-state index in [1.165, 1.54) is 6.07 Å². The maximum Gasteiger partial charge on any atom is 0.224 e. The molecule has 1 atom stereocenters. The van der Waals surface area contributed by atoms with Gasteiger partial charge in [0.2, 0.25) is 5.91 Å². The predicted molar refractivity (Wildman–Crippen MR) is 47.4 cm³/mol. The van der Waals surface area contributed by atoms with Gasteiger partial charge in [0, 0.05) is 5.56 Å². The molecule has 1 aromatic rings. The number of phenols is 2. The third-order valence-electron chi connectivity index (χ3n) is 1.94. The van der Waals surface area contributed by atoms with Crippen LogP contribution in [0.3, 0.4) is 0 Å². The Labute approximate surface area is 75.6 Å². The van der Waals surface area contributed by atoms with Crippen molar-refractivity contribution in [1.82, 2.24) is 0 Å². The largest absolute Gasteiger partial charge is 0.504 e. The minimum atomic E-state index is -0.605. The van der Waals surface area contributed by atoms with Crippen LogP contribution in [-0.4, -0.2) is 16.1 Å². The fourth-order valence-corrected chi connectivity index (χ4v) is 1.05. The van der Waals surface area contributed by atoms with Gasteiger partial charge in [-0.3, -0.25) is 4.79 Å². The third-order valence-corrected chi connectivity index (χ3v) is 1.94. The van der Waals surface area contributed by atoms with Crippen molar-refractivity contribution in [2.75, 3.05) is 0 Å². The highest BCUT2D eigenvalue weighted by atomic mass is 16.3. The van der Waals surface area contributed by atoms with Crippen LogP contribution in [0.25, 0.3) is 0 Å². The number of hydrogen-bond acceptors (Lipinski definition) is 3. The molecule has 1 rings (SSSR count). The van der Waals surface area contributed by atoms with Crippen LogP contribution in [0.15, 0.2) is 18.2 Å². The van der Waals surface area contributed by atoms with Crippen molar-refractivity contribution in [1.29, 1.82) is 0 Å². The van der Waals surface area contributed by atoms with E-state index in [4.69, 9.17) is 10.8 Å². The molecule has 0 spiro atoms. The molecular formula is C9H11NO3. The molecule has 0 fully saturated rings. The number of phenolic OH excluding ortho intramolecular Hbond substituents is 2. The van der Waals surface area contributed by atoms with Gasteiger partial charge in [-0.25, -0.2) is 0 Å². The Morgan fingerprint density at radius 3 is 2.62 bits per heavy atom. The Morgan fingerprint density at radius 1 is 1.46 bits per heavy atom. The lowest BCUT2D eigenvalue weighted by Gasteiger charge is -2.10. The van der Waals surface area contributed by atoms with E-state index in [-0.39, 0.29) is 11.5 Å². The van der Waals surface area contributed by atoms with Crippen molar-refractivity contribution in [2.45, 2.75) is 12.8 Å². The summed E-state index contributed by atoms with van der Waals surface area (Å²) in [5.41, 5.74) is 5.40. The van der Waals surface area contributed by atoms with Crippen molar-refractivity contribution in [3.63, 3.8) is 0 Å². The fourth-order valence-electron chi connectivity index (χ4n) is 1.05. The molecule has 0 aromatic heterocycles. The van der Waals surface area contributed by atoms with Crippen LogP contribution >= 0.6 is 0 Å². The van der Waals surface area contributed by atoms with E-state index >= 15 is 0 Å². The van der Waals surface area contributed by atoms with Crippen molar-refractivity contribution in [2.24, 2.45) is 5.73 Å². The lowest BCUT2D eigenvalue weighted by molar-refractivity contribution is -0.119. The number of aromatic hydroxyl groups is 2. The average molecular weight is 181 g/mol. The molecule has 0 aliphatic carbocycles. The quantitative estimate of drug-likeness (QED) is 0.587. The molecule has 4 heteroatoms. The van der Waals surface area contributed by atoms with Crippen LogP contribution in [0, 0.1) is 0 Å². The molecule has 0 aliphatic heterocycles. The van der Waals surface area contributed by atoms with Gasteiger partial charge in [0.25, 0.3) is 0 Å². The number of hydrogen-bond donors (Lipinski definition) is 3. The second-order valence-electron chi connectivity index (χ2n) is 2.84. The smallest absolute Gasteiger partial charge is 0.224 e. The van der Waals surface area contributed by atoms with E-state index in [9.17, 15) is 9.90 Å². The number of para-hydroxylation sites is 1. The van der Waals surface area contributed by atoms with E-state index in [2.05, 4.69) is 0 Å². The molecule has 0 saturated carbocycles. The van der Waals surface area contributed by atoms with Gasteiger partial charge >= 0.3 is 0 Å². The second-order valence-corrected chi connectivity index (χ2v) is 2.84. The maximum absolute atomic E-state index is 10.8. The van der Waals surface area contributed by atoms with E-state index in [0.717, 1.165) is 0 Å². The van der Waals surface area contributed by atoms with Crippen molar-refractivity contribution in [3.8, 4) is 11.5 Å². The number of benzene rings is 1. The van der Waals surface area contributed by atoms with Gasteiger partial charge in [-0.1, -0.05) is 12.1 Å². The monoisotopic (exact) mass is 181 g/mol. The topological polar surface area (TPSA) is 83.6 Å². The van der Waals surface area contributed by atoms with E-state index in [0.29, 0.717) is 5.56 Å². The van der Waals surface area contributed by atoms with Crippen LogP contribution < -0.4 is 5.73 Å². The molecular weight excluding hydrogens is 170 g/mol. The first-order chi connectivity index (χ1) is 6.04. The zero-order valence-electron chi connectivity index (χ0n) is 7.19. The number of amides is 1. The van der Waals surface area contributed by atoms with Crippen LogP contribution in [0.5, 0.6) is 11.5 Å². The summed E-state index contributed by atoms with van der Waals surface area (Å²) in [6.07, 6.45) is 0. The Kier molecular flexibility index (Phi) is 2.41. The predicted octanol–water partition coefficient (Wildman–Crippen LogP) is 0.687. The normalized spacial score (nSPS) is 12.4. The minimum Gasteiger partial charge on any atom is -0.504 e. The number of rotatable bonds is 2. The van der Waals surface area contributed by atoms with Crippen LogP contribution in [-0.2, 0) is 4.79 Å². The van der Waals surface area contributed by atoms with Crippen molar-refractivity contribution in [3.05, 3.63) is 23.8 Å².